The summed E-state index contributed by atoms with van der Waals surface area (Å²) in [5.41, 5.74) is 0.820. The van der Waals surface area contributed by atoms with Gasteiger partial charge in [-0.1, -0.05) is 21.1 Å². The Hall–Kier alpha value is -2.95. The number of aryl methyl sites for hydroxylation is 1. The SMILES string of the molecule is CC1Cn2cc([N+](=O)[O-])nc2O1.Cn1cc(COc2ccc(Br)cc2)nn1. The van der Waals surface area contributed by atoms with Crippen LogP contribution in [0.15, 0.2) is 41.1 Å². The molecule has 0 saturated heterocycles. The molecule has 0 fully saturated rings. The van der Waals surface area contributed by atoms with E-state index < -0.39 is 4.92 Å². The van der Waals surface area contributed by atoms with Crippen LogP contribution in [0.3, 0.4) is 0 Å². The molecule has 3 heterocycles. The van der Waals surface area contributed by atoms with Gasteiger partial charge in [-0.05, 0) is 36.1 Å². The molecule has 1 aliphatic rings. The molecule has 0 amide bonds. The average Bonchev–Trinajstić information content (AvgIpc) is 3.29. The predicted molar refractivity (Wildman–Crippen MR) is 98.4 cm³/mol. The molecule has 4 rings (SSSR count). The Balaban J connectivity index is 0.000000159. The summed E-state index contributed by atoms with van der Waals surface area (Å²) in [6, 6.07) is 8.02. The van der Waals surface area contributed by atoms with E-state index in [-0.39, 0.29) is 11.9 Å². The molecule has 3 aromatic rings. The van der Waals surface area contributed by atoms with Crippen LogP contribution < -0.4 is 9.47 Å². The first kappa shape index (κ1) is 18.8. The highest BCUT2D eigenvalue weighted by atomic mass is 79.9. The van der Waals surface area contributed by atoms with Gasteiger partial charge in [-0.2, -0.15) is 0 Å². The standard InChI is InChI=1S/C10H10BrN3O.C6H7N3O3/c1-14-6-9(12-13-14)7-15-10-4-2-8(11)3-5-10;1-4-2-8-3-5(9(10)11)7-6(8)12-4/h2-6H,7H2,1H3;3-4H,2H2,1H3. The Morgan fingerprint density at radius 2 is 2.11 bits per heavy atom. The molecule has 142 valence electrons. The van der Waals surface area contributed by atoms with E-state index in [0.29, 0.717) is 19.2 Å². The average molecular weight is 437 g/mol. The van der Waals surface area contributed by atoms with Crippen molar-refractivity contribution in [3.05, 3.63) is 56.9 Å². The molecule has 1 aliphatic heterocycles. The highest BCUT2D eigenvalue weighted by molar-refractivity contribution is 9.10. The molecule has 2 aromatic heterocycles. The van der Waals surface area contributed by atoms with Gasteiger partial charge < -0.3 is 19.6 Å². The minimum Gasteiger partial charge on any atom is -0.487 e. The van der Waals surface area contributed by atoms with Crippen LogP contribution in [0.25, 0.3) is 0 Å². The summed E-state index contributed by atoms with van der Waals surface area (Å²) < 4.78 is 15.0. The molecular weight excluding hydrogens is 420 g/mol. The fourth-order valence-corrected chi connectivity index (χ4v) is 2.61. The van der Waals surface area contributed by atoms with Gasteiger partial charge in [0.05, 0.1) is 12.7 Å². The van der Waals surface area contributed by atoms with E-state index in [2.05, 4.69) is 31.2 Å². The van der Waals surface area contributed by atoms with Crippen LogP contribution in [0, 0.1) is 10.1 Å². The lowest BCUT2D eigenvalue weighted by Crippen LogP contribution is -2.08. The van der Waals surface area contributed by atoms with Gasteiger partial charge in [0.25, 0.3) is 0 Å². The Morgan fingerprint density at radius 3 is 2.70 bits per heavy atom. The first-order chi connectivity index (χ1) is 12.9. The van der Waals surface area contributed by atoms with Gasteiger partial charge in [0.15, 0.2) is 0 Å². The van der Waals surface area contributed by atoms with Crippen LogP contribution in [0.2, 0.25) is 0 Å². The van der Waals surface area contributed by atoms with Crippen LogP contribution in [0.1, 0.15) is 12.6 Å². The second-order valence-electron chi connectivity index (χ2n) is 5.85. The number of hydrogen-bond donors (Lipinski definition) is 0. The maximum absolute atomic E-state index is 10.3. The van der Waals surface area contributed by atoms with Crippen molar-refractivity contribution >= 4 is 21.7 Å². The fourth-order valence-electron chi connectivity index (χ4n) is 2.34. The van der Waals surface area contributed by atoms with Crippen LogP contribution in [0.5, 0.6) is 11.8 Å². The summed E-state index contributed by atoms with van der Waals surface area (Å²) in [6.07, 6.45) is 3.28. The minimum absolute atomic E-state index is 0.0632. The summed E-state index contributed by atoms with van der Waals surface area (Å²) in [5, 5.41) is 18.0. The Morgan fingerprint density at radius 1 is 1.37 bits per heavy atom. The number of ether oxygens (including phenoxy) is 2. The van der Waals surface area contributed by atoms with Gasteiger partial charge in [-0.3, -0.25) is 9.25 Å². The molecule has 0 N–H and O–H groups in total. The number of halogens is 1. The van der Waals surface area contributed by atoms with E-state index in [1.165, 1.54) is 6.20 Å². The summed E-state index contributed by atoms with van der Waals surface area (Å²) in [4.78, 5) is 13.4. The summed E-state index contributed by atoms with van der Waals surface area (Å²) in [5.74, 6) is 0.667. The second-order valence-corrected chi connectivity index (χ2v) is 6.76. The first-order valence-corrected chi connectivity index (χ1v) is 8.82. The lowest BCUT2D eigenvalue weighted by atomic mass is 10.3. The van der Waals surface area contributed by atoms with Crippen LogP contribution in [-0.4, -0.2) is 35.6 Å². The third kappa shape index (κ3) is 5.03. The van der Waals surface area contributed by atoms with Gasteiger partial charge >= 0.3 is 11.8 Å². The summed E-state index contributed by atoms with van der Waals surface area (Å²) in [6.45, 7) is 2.96. The van der Waals surface area contributed by atoms with Crippen LogP contribution >= 0.6 is 15.9 Å². The number of rotatable bonds is 4. The molecule has 11 heteroatoms. The largest absolute Gasteiger partial charge is 0.487 e. The van der Waals surface area contributed by atoms with E-state index >= 15 is 0 Å². The normalized spacial score (nSPS) is 14.7. The van der Waals surface area contributed by atoms with Crippen molar-refractivity contribution in [3.8, 4) is 11.8 Å². The zero-order valence-corrected chi connectivity index (χ0v) is 16.2. The van der Waals surface area contributed by atoms with Crippen molar-refractivity contribution in [1.29, 1.82) is 0 Å². The number of nitrogens with zero attached hydrogens (tertiary/aromatic N) is 6. The lowest BCUT2D eigenvalue weighted by Gasteiger charge is -2.02. The minimum atomic E-state index is -0.528. The van der Waals surface area contributed by atoms with Crippen molar-refractivity contribution in [2.24, 2.45) is 7.05 Å². The molecular formula is C16H17BrN6O4. The maximum atomic E-state index is 10.3. The van der Waals surface area contributed by atoms with E-state index in [1.54, 1.807) is 9.25 Å². The molecule has 0 bridgehead atoms. The Kier molecular flexibility index (Phi) is 5.69. The Bertz CT molecular complexity index is 900. The molecule has 10 nitrogen and oxygen atoms in total. The van der Waals surface area contributed by atoms with Crippen LogP contribution in [0.4, 0.5) is 5.82 Å². The predicted octanol–water partition coefficient (Wildman–Crippen LogP) is 2.73. The van der Waals surface area contributed by atoms with Gasteiger partial charge in [0.2, 0.25) is 0 Å². The third-order valence-corrected chi connectivity index (χ3v) is 4.05. The summed E-state index contributed by atoms with van der Waals surface area (Å²) >= 11 is 3.36. The molecule has 0 radical (unpaired) electrons. The molecule has 1 atom stereocenters. The van der Waals surface area contributed by atoms with Crippen molar-refractivity contribution in [3.63, 3.8) is 0 Å². The van der Waals surface area contributed by atoms with Crippen molar-refractivity contribution in [2.75, 3.05) is 0 Å². The number of benzene rings is 1. The first-order valence-electron chi connectivity index (χ1n) is 8.02. The summed E-state index contributed by atoms with van der Waals surface area (Å²) in [7, 11) is 1.83. The number of fused-ring (bicyclic) bond motifs is 1. The van der Waals surface area contributed by atoms with Gasteiger partial charge in [0, 0.05) is 16.5 Å². The van der Waals surface area contributed by atoms with Gasteiger partial charge in [-0.15, -0.1) is 5.10 Å². The highest BCUT2D eigenvalue weighted by Gasteiger charge is 2.28. The third-order valence-electron chi connectivity index (χ3n) is 3.53. The molecule has 0 saturated carbocycles. The van der Waals surface area contributed by atoms with Gasteiger partial charge in [-0.25, -0.2) is 0 Å². The zero-order valence-electron chi connectivity index (χ0n) is 14.6. The molecule has 1 aromatic carbocycles. The number of nitro groups is 1. The van der Waals surface area contributed by atoms with Crippen LogP contribution in [-0.2, 0) is 20.2 Å². The number of aromatic nitrogens is 5. The van der Waals surface area contributed by atoms with E-state index in [4.69, 9.17) is 9.47 Å². The molecule has 0 aliphatic carbocycles. The van der Waals surface area contributed by atoms with Crippen molar-refractivity contribution < 1.29 is 14.4 Å². The van der Waals surface area contributed by atoms with E-state index in [0.717, 1.165) is 15.9 Å². The quantitative estimate of drug-likeness (QED) is 0.456. The molecule has 1 unspecified atom stereocenters. The van der Waals surface area contributed by atoms with Crippen molar-refractivity contribution in [1.82, 2.24) is 24.5 Å². The van der Waals surface area contributed by atoms with Crippen molar-refractivity contribution in [2.45, 2.75) is 26.2 Å². The monoisotopic (exact) mass is 436 g/mol. The second kappa shape index (κ2) is 8.16. The fraction of sp³-hybridized carbons (Fsp3) is 0.312. The highest BCUT2D eigenvalue weighted by Crippen LogP contribution is 2.24. The smallest absolute Gasteiger partial charge is 0.414 e. The lowest BCUT2D eigenvalue weighted by molar-refractivity contribution is -0.389. The number of imidazole rings is 1. The Labute approximate surface area is 163 Å². The zero-order chi connectivity index (χ0) is 19.4. The van der Waals surface area contributed by atoms with E-state index in [1.807, 2.05) is 44.4 Å². The maximum Gasteiger partial charge on any atom is 0.414 e. The molecule has 27 heavy (non-hydrogen) atoms. The van der Waals surface area contributed by atoms with Gasteiger partial charge in [0.1, 0.15) is 30.4 Å². The topological polar surface area (TPSA) is 110 Å². The number of hydrogen-bond acceptors (Lipinski definition) is 7. The molecule has 0 spiro atoms. The van der Waals surface area contributed by atoms with E-state index in [9.17, 15) is 10.1 Å².